The molecule has 1 aromatic heterocycles. The van der Waals surface area contributed by atoms with Gasteiger partial charge in [-0.15, -0.1) is 0 Å². The van der Waals surface area contributed by atoms with E-state index in [-0.39, 0.29) is 6.10 Å². The first-order chi connectivity index (χ1) is 10.4. The minimum absolute atomic E-state index is 0.00728. The van der Waals surface area contributed by atoms with Crippen LogP contribution in [0.25, 0.3) is 0 Å². The van der Waals surface area contributed by atoms with Crippen LogP contribution >= 0.6 is 0 Å². The monoisotopic (exact) mass is 327 g/mol. The standard InChI is InChI=1S/C14H21N3O4S/c1-16(2)22(18,19)17-10-14(11-17)9-12(6-8-20-14)21-13-5-3-4-7-15-13/h3-5,7,12H,6,8-11H2,1-2H3. The van der Waals surface area contributed by atoms with Gasteiger partial charge in [-0.2, -0.15) is 17.0 Å². The van der Waals surface area contributed by atoms with Gasteiger partial charge in [-0.25, -0.2) is 4.98 Å². The maximum Gasteiger partial charge on any atom is 0.281 e. The fourth-order valence-electron chi connectivity index (χ4n) is 2.88. The quantitative estimate of drug-likeness (QED) is 0.805. The number of pyridine rings is 1. The van der Waals surface area contributed by atoms with E-state index in [9.17, 15) is 8.42 Å². The van der Waals surface area contributed by atoms with Gasteiger partial charge in [0.2, 0.25) is 5.88 Å². The lowest BCUT2D eigenvalue weighted by Gasteiger charge is -2.52. The lowest BCUT2D eigenvalue weighted by atomic mass is 9.86. The molecule has 0 aliphatic carbocycles. The first-order valence-corrected chi connectivity index (χ1v) is 8.70. The molecule has 22 heavy (non-hydrogen) atoms. The molecule has 0 saturated carbocycles. The van der Waals surface area contributed by atoms with Crippen molar-refractivity contribution in [2.24, 2.45) is 0 Å². The average Bonchev–Trinajstić information content (AvgIpc) is 2.46. The van der Waals surface area contributed by atoms with Crippen molar-refractivity contribution in [3.63, 3.8) is 0 Å². The highest BCUT2D eigenvalue weighted by Crippen LogP contribution is 2.37. The van der Waals surface area contributed by atoms with E-state index < -0.39 is 15.8 Å². The van der Waals surface area contributed by atoms with Crippen LogP contribution < -0.4 is 4.74 Å². The van der Waals surface area contributed by atoms with Gasteiger partial charge < -0.3 is 9.47 Å². The third-order valence-corrected chi connectivity index (χ3v) is 5.92. The average molecular weight is 327 g/mol. The van der Waals surface area contributed by atoms with Gasteiger partial charge in [0.05, 0.1) is 12.2 Å². The van der Waals surface area contributed by atoms with Crippen LogP contribution in [0.5, 0.6) is 5.88 Å². The Bertz CT molecular complexity index is 614. The second-order valence-electron chi connectivity index (χ2n) is 5.99. The summed E-state index contributed by atoms with van der Waals surface area (Å²) in [6.07, 6.45) is 3.17. The topological polar surface area (TPSA) is 72.0 Å². The molecule has 3 rings (SSSR count). The molecule has 7 nitrogen and oxygen atoms in total. The summed E-state index contributed by atoms with van der Waals surface area (Å²) in [7, 11) is -0.285. The predicted octanol–water partition coefficient (Wildman–Crippen LogP) is 0.500. The molecule has 1 atom stereocenters. The van der Waals surface area contributed by atoms with Crippen molar-refractivity contribution < 1.29 is 17.9 Å². The summed E-state index contributed by atoms with van der Waals surface area (Å²) in [5.41, 5.74) is -0.416. The summed E-state index contributed by atoms with van der Waals surface area (Å²) in [5, 5.41) is 0. The normalized spacial score (nSPS) is 25.1. The van der Waals surface area contributed by atoms with Crippen LogP contribution in [0.1, 0.15) is 12.8 Å². The zero-order valence-electron chi connectivity index (χ0n) is 12.8. The molecule has 2 fully saturated rings. The molecule has 122 valence electrons. The van der Waals surface area contributed by atoms with E-state index in [2.05, 4.69) is 4.98 Å². The van der Waals surface area contributed by atoms with Gasteiger partial charge in [0.25, 0.3) is 10.2 Å². The fraction of sp³-hybridized carbons (Fsp3) is 0.643. The van der Waals surface area contributed by atoms with Gasteiger partial charge in [-0.3, -0.25) is 0 Å². The lowest BCUT2D eigenvalue weighted by molar-refractivity contribution is -0.165. The largest absolute Gasteiger partial charge is 0.474 e. The molecule has 0 radical (unpaired) electrons. The molecular formula is C14H21N3O4S. The van der Waals surface area contributed by atoms with Crippen molar-refractivity contribution in [2.45, 2.75) is 24.5 Å². The van der Waals surface area contributed by atoms with Crippen molar-refractivity contribution in [3.05, 3.63) is 24.4 Å². The molecule has 2 aliphatic rings. The number of ether oxygens (including phenoxy) is 2. The summed E-state index contributed by atoms with van der Waals surface area (Å²) >= 11 is 0. The summed E-state index contributed by atoms with van der Waals surface area (Å²) in [6, 6.07) is 5.55. The molecule has 2 aliphatic heterocycles. The molecule has 0 aromatic carbocycles. The molecule has 2 saturated heterocycles. The smallest absolute Gasteiger partial charge is 0.281 e. The minimum Gasteiger partial charge on any atom is -0.474 e. The van der Waals surface area contributed by atoms with Crippen molar-refractivity contribution in [1.29, 1.82) is 0 Å². The van der Waals surface area contributed by atoms with Crippen LogP contribution in [0.2, 0.25) is 0 Å². The number of hydrogen-bond donors (Lipinski definition) is 0. The minimum atomic E-state index is -3.36. The summed E-state index contributed by atoms with van der Waals surface area (Å²) in [4.78, 5) is 4.17. The van der Waals surface area contributed by atoms with Gasteiger partial charge in [0.1, 0.15) is 6.10 Å². The van der Waals surface area contributed by atoms with Crippen molar-refractivity contribution >= 4 is 10.2 Å². The second-order valence-corrected chi connectivity index (χ2v) is 8.13. The highest BCUT2D eigenvalue weighted by Gasteiger charge is 2.52. The van der Waals surface area contributed by atoms with Crippen molar-refractivity contribution in [3.8, 4) is 5.88 Å². The lowest BCUT2D eigenvalue weighted by Crippen LogP contribution is -2.68. The Morgan fingerprint density at radius 1 is 1.41 bits per heavy atom. The van der Waals surface area contributed by atoms with Gasteiger partial charge in [0.15, 0.2) is 0 Å². The molecule has 1 unspecified atom stereocenters. The number of rotatable bonds is 4. The maximum atomic E-state index is 12.1. The van der Waals surface area contributed by atoms with E-state index >= 15 is 0 Å². The molecular weight excluding hydrogens is 306 g/mol. The Morgan fingerprint density at radius 3 is 2.82 bits per heavy atom. The fourth-order valence-corrected chi connectivity index (χ4v) is 4.14. The number of nitrogens with zero attached hydrogens (tertiary/aromatic N) is 3. The third kappa shape index (κ3) is 2.96. The molecule has 1 aromatic rings. The first kappa shape index (κ1) is 15.7. The summed E-state index contributed by atoms with van der Waals surface area (Å²) in [5.74, 6) is 0.599. The molecule has 0 amide bonds. The SMILES string of the molecule is CN(C)S(=O)(=O)N1CC2(CC(Oc3ccccn3)CCO2)C1. The molecule has 0 N–H and O–H groups in total. The third-order valence-electron chi connectivity index (χ3n) is 4.09. The van der Waals surface area contributed by atoms with Crippen LogP contribution in [0.3, 0.4) is 0 Å². The Morgan fingerprint density at radius 2 is 2.18 bits per heavy atom. The van der Waals surface area contributed by atoms with E-state index in [0.717, 1.165) is 6.42 Å². The molecule has 3 heterocycles. The van der Waals surface area contributed by atoms with E-state index in [0.29, 0.717) is 32.0 Å². The van der Waals surface area contributed by atoms with Crippen LogP contribution in [0.15, 0.2) is 24.4 Å². The zero-order chi connectivity index (χ0) is 15.8. The molecule has 8 heteroatoms. The Hall–Kier alpha value is -1.22. The van der Waals surface area contributed by atoms with Gasteiger partial charge >= 0.3 is 0 Å². The van der Waals surface area contributed by atoms with Crippen LogP contribution in [0.4, 0.5) is 0 Å². The number of aromatic nitrogens is 1. The summed E-state index contributed by atoms with van der Waals surface area (Å²) in [6.45, 7) is 1.35. The van der Waals surface area contributed by atoms with E-state index in [1.165, 1.54) is 22.7 Å². The van der Waals surface area contributed by atoms with Crippen molar-refractivity contribution in [1.82, 2.24) is 13.6 Å². The summed E-state index contributed by atoms with van der Waals surface area (Å²) < 4.78 is 38.5. The van der Waals surface area contributed by atoms with Gasteiger partial charge in [-0.1, -0.05) is 6.07 Å². The van der Waals surface area contributed by atoms with Crippen LogP contribution in [0, 0.1) is 0 Å². The van der Waals surface area contributed by atoms with Gasteiger partial charge in [0, 0.05) is 52.3 Å². The van der Waals surface area contributed by atoms with E-state index in [1.807, 2.05) is 18.2 Å². The predicted molar refractivity (Wildman–Crippen MR) is 80.7 cm³/mol. The second kappa shape index (κ2) is 5.77. The molecule has 1 spiro atoms. The molecule has 0 bridgehead atoms. The Balaban J connectivity index is 1.61. The van der Waals surface area contributed by atoms with E-state index in [4.69, 9.17) is 9.47 Å². The maximum absolute atomic E-state index is 12.1. The first-order valence-electron chi connectivity index (χ1n) is 7.31. The van der Waals surface area contributed by atoms with Gasteiger partial charge in [-0.05, 0) is 6.07 Å². The van der Waals surface area contributed by atoms with Crippen LogP contribution in [-0.4, -0.2) is 67.5 Å². The Labute approximate surface area is 131 Å². The number of hydrogen-bond acceptors (Lipinski definition) is 5. The highest BCUT2D eigenvalue weighted by atomic mass is 32.2. The Kier molecular flexibility index (Phi) is 4.11. The van der Waals surface area contributed by atoms with Crippen LogP contribution in [-0.2, 0) is 14.9 Å². The van der Waals surface area contributed by atoms with Crippen molar-refractivity contribution in [2.75, 3.05) is 33.8 Å². The highest BCUT2D eigenvalue weighted by molar-refractivity contribution is 7.86. The zero-order valence-corrected chi connectivity index (χ0v) is 13.6. The van der Waals surface area contributed by atoms with E-state index in [1.54, 1.807) is 6.20 Å².